The molecule has 0 spiro atoms. The van der Waals surface area contributed by atoms with E-state index in [4.69, 9.17) is 9.47 Å². The van der Waals surface area contributed by atoms with Gasteiger partial charge in [0.05, 0.1) is 31.1 Å². The lowest BCUT2D eigenvalue weighted by molar-refractivity contribution is -0.132. The molecule has 1 fully saturated rings. The molecule has 1 saturated heterocycles. The molecule has 0 N–H and O–H groups in total. The summed E-state index contributed by atoms with van der Waals surface area (Å²) >= 11 is 3.52. The molecule has 0 radical (unpaired) electrons. The maximum absolute atomic E-state index is 13.0. The number of benzene rings is 1. The second-order valence-corrected chi connectivity index (χ2v) is 9.66. The normalized spacial score (nSPS) is 18.3. The Hall–Kier alpha value is -1.28. The second-order valence-electron chi connectivity index (χ2n) is 6.58. The molecule has 1 aromatic rings. The quantitative estimate of drug-likeness (QED) is 0.564. The predicted molar refractivity (Wildman–Crippen MR) is 109 cm³/mol. The van der Waals surface area contributed by atoms with E-state index in [9.17, 15) is 13.2 Å². The number of amides is 1. The first-order valence-corrected chi connectivity index (χ1v) is 12.0. The molecule has 8 heteroatoms. The van der Waals surface area contributed by atoms with Crippen LogP contribution in [-0.2, 0) is 21.1 Å². The minimum Gasteiger partial charge on any atom is -0.490 e. The van der Waals surface area contributed by atoms with Crippen molar-refractivity contribution in [3.8, 4) is 11.5 Å². The maximum Gasteiger partial charge on any atom is 0.227 e. The minimum absolute atomic E-state index is 0.0629. The highest BCUT2D eigenvalue weighted by Crippen LogP contribution is 2.34. The molecule has 2 rings (SSSR count). The average molecular weight is 462 g/mol. The molecule has 152 valence electrons. The molecular weight excluding hydrogens is 434 g/mol. The van der Waals surface area contributed by atoms with Gasteiger partial charge in [0.15, 0.2) is 21.3 Å². The summed E-state index contributed by atoms with van der Waals surface area (Å²) in [4.78, 5) is 14.7. The zero-order valence-corrected chi connectivity index (χ0v) is 18.6. The molecule has 0 bridgehead atoms. The summed E-state index contributed by atoms with van der Waals surface area (Å²) in [6.07, 6.45) is 1.49. The van der Waals surface area contributed by atoms with Gasteiger partial charge in [0.2, 0.25) is 5.91 Å². The molecule has 1 atom stereocenters. The molecule has 1 aliphatic rings. The number of hydrogen-bond acceptors (Lipinski definition) is 5. The molecular formula is C19H28BrNO5S. The van der Waals surface area contributed by atoms with Crippen molar-refractivity contribution in [2.45, 2.75) is 46.1 Å². The topological polar surface area (TPSA) is 72.9 Å². The van der Waals surface area contributed by atoms with Crippen molar-refractivity contribution >= 4 is 31.7 Å². The Bertz CT molecular complexity index is 766. The number of carbonyl (C=O) groups is 1. The lowest BCUT2D eigenvalue weighted by Gasteiger charge is -2.28. The first-order chi connectivity index (χ1) is 12.8. The fourth-order valence-electron chi connectivity index (χ4n) is 3.29. The van der Waals surface area contributed by atoms with Crippen LogP contribution in [0.1, 0.15) is 39.2 Å². The molecule has 0 saturated carbocycles. The summed E-state index contributed by atoms with van der Waals surface area (Å²) in [6, 6.07) is 3.42. The minimum atomic E-state index is -3.04. The van der Waals surface area contributed by atoms with E-state index >= 15 is 0 Å². The molecule has 0 aliphatic carbocycles. The fourth-order valence-corrected chi connectivity index (χ4v) is 5.48. The number of rotatable bonds is 9. The van der Waals surface area contributed by atoms with E-state index < -0.39 is 9.84 Å². The van der Waals surface area contributed by atoms with Crippen LogP contribution >= 0.6 is 15.9 Å². The largest absolute Gasteiger partial charge is 0.490 e. The van der Waals surface area contributed by atoms with Gasteiger partial charge in [0.1, 0.15) is 0 Å². The van der Waals surface area contributed by atoms with Crippen molar-refractivity contribution in [1.82, 2.24) is 4.90 Å². The Balaban J connectivity index is 2.22. The van der Waals surface area contributed by atoms with Crippen LogP contribution in [0.4, 0.5) is 0 Å². The van der Waals surface area contributed by atoms with Crippen molar-refractivity contribution in [2.75, 3.05) is 31.3 Å². The van der Waals surface area contributed by atoms with Crippen molar-refractivity contribution in [3.05, 3.63) is 22.2 Å². The van der Waals surface area contributed by atoms with Gasteiger partial charge in [-0.15, -0.1) is 0 Å². The Morgan fingerprint density at radius 3 is 2.33 bits per heavy atom. The third-order valence-electron chi connectivity index (χ3n) is 4.49. The first-order valence-electron chi connectivity index (χ1n) is 9.39. The Morgan fingerprint density at radius 2 is 1.81 bits per heavy atom. The predicted octanol–water partition coefficient (Wildman–Crippen LogP) is 3.21. The van der Waals surface area contributed by atoms with Crippen LogP contribution in [0.3, 0.4) is 0 Å². The molecule has 1 aromatic carbocycles. The van der Waals surface area contributed by atoms with Crippen molar-refractivity contribution < 1.29 is 22.7 Å². The number of ether oxygens (including phenoxy) is 2. The summed E-state index contributed by atoms with van der Waals surface area (Å²) < 4.78 is 35.7. The fraction of sp³-hybridized carbons (Fsp3) is 0.632. The van der Waals surface area contributed by atoms with Crippen LogP contribution in [0, 0.1) is 0 Å². The Labute approximate surface area is 170 Å². The highest BCUT2D eigenvalue weighted by atomic mass is 79.9. The summed E-state index contributed by atoms with van der Waals surface area (Å²) in [5, 5.41) is 0. The number of halogens is 1. The molecule has 27 heavy (non-hydrogen) atoms. The first kappa shape index (κ1) is 22.0. The third kappa shape index (κ3) is 5.85. The standard InChI is InChI=1S/C19H28BrNO5S/c1-4-8-21(15-7-9-27(23,24)13-15)19(22)11-14-10-17(25-5-2)18(26-6-3)12-16(14)20/h10,12,15H,4-9,11,13H2,1-3H3. The van der Waals surface area contributed by atoms with Gasteiger partial charge in [-0.1, -0.05) is 22.9 Å². The van der Waals surface area contributed by atoms with E-state index in [-0.39, 0.29) is 29.9 Å². The summed E-state index contributed by atoms with van der Waals surface area (Å²) in [6.45, 7) is 7.36. The summed E-state index contributed by atoms with van der Waals surface area (Å²) in [7, 11) is -3.04. The Morgan fingerprint density at radius 1 is 1.19 bits per heavy atom. The summed E-state index contributed by atoms with van der Waals surface area (Å²) in [5.74, 6) is 1.40. The van der Waals surface area contributed by atoms with Crippen LogP contribution in [0.25, 0.3) is 0 Å². The number of nitrogens with zero attached hydrogens (tertiary/aromatic N) is 1. The molecule has 0 aromatic heterocycles. The van der Waals surface area contributed by atoms with Crippen LogP contribution in [-0.4, -0.2) is 56.5 Å². The number of carbonyl (C=O) groups excluding carboxylic acids is 1. The lowest BCUT2D eigenvalue weighted by Crippen LogP contribution is -2.42. The van der Waals surface area contributed by atoms with Crippen LogP contribution in [0.2, 0.25) is 0 Å². The van der Waals surface area contributed by atoms with Gasteiger partial charge in [0, 0.05) is 17.1 Å². The van der Waals surface area contributed by atoms with E-state index in [0.717, 1.165) is 16.5 Å². The maximum atomic E-state index is 13.0. The molecule has 1 aliphatic heterocycles. The molecule has 6 nitrogen and oxygen atoms in total. The van der Waals surface area contributed by atoms with Crippen LogP contribution in [0.5, 0.6) is 11.5 Å². The van der Waals surface area contributed by atoms with E-state index in [2.05, 4.69) is 15.9 Å². The monoisotopic (exact) mass is 461 g/mol. The molecule has 1 heterocycles. The second kappa shape index (κ2) is 9.78. The summed E-state index contributed by atoms with van der Waals surface area (Å²) in [5.41, 5.74) is 0.800. The van der Waals surface area contributed by atoms with E-state index in [0.29, 0.717) is 37.7 Å². The van der Waals surface area contributed by atoms with E-state index in [1.165, 1.54) is 0 Å². The average Bonchev–Trinajstić information content (AvgIpc) is 2.96. The zero-order chi connectivity index (χ0) is 20.0. The van der Waals surface area contributed by atoms with Crippen LogP contribution < -0.4 is 9.47 Å². The van der Waals surface area contributed by atoms with Gasteiger partial charge in [-0.25, -0.2) is 8.42 Å². The van der Waals surface area contributed by atoms with Crippen molar-refractivity contribution in [1.29, 1.82) is 0 Å². The van der Waals surface area contributed by atoms with Crippen molar-refractivity contribution in [3.63, 3.8) is 0 Å². The van der Waals surface area contributed by atoms with Gasteiger partial charge in [-0.2, -0.15) is 0 Å². The van der Waals surface area contributed by atoms with Gasteiger partial charge in [-0.3, -0.25) is 4.79 Å². The van der Waals surface area contributed by atoms with Crippen molar-refractivity contribution in [2.24, 2.45) is 0 Å². The Kier molecular flexibility index (Phi) is 7.97. The molecule has 1 unspecified atom stereocenters. The zero-order valence-electron chi connectivity index (χ0n) is 16.2. The smallest absolute Gasteiger partial charge is 0.227 e. The van der Waals surface area contributed by atoms with Gasteiger partial charge in [-0.05, 0) is 44.4 Å². The third-order valence-corrected chi connectivity index (χ3v) is 6.98. The van der Waals surface area contributed by atoms with Gasteiger partial charge < -0.3 is 14.4 Å². The van der Waals surface area contributed by atoms with E-state index in [1.54, 1.807) is 4.90 Å². The highest BCUT2D eigenvalue weighted by Gasteiger charge is 2.34. The van der Waals surface area contributed by atoms with Crippen LogP contribution in [0.15, 0.2) is 16.6 Å². The highest BCUT2D eigenvalue weighted by molar-refractivity contribution is 9.10. The lowest BCUT2D eigenvalue weighted by atomic mass is 10.1. The SMILES string of the molecule is CCCN(C(=O)Cc1cc(OCC)c(OCC)cc1Br)C1CCS(=O)(=O)C1. The van der Waals surface area contributed by atoms with E-state index in [1.807, 2.05) is 32.9 Å². The number of sulfone groups is 1. The molecule has 1 amide bonds. The van der Waals surface area contributed by atoms with Gasteiger partial charge >= 0.3 is 0 Å². The number of hydrogen-bond donors (Lipinski definition) is 0. The van der Waals surface area contributed by atoms with Gasteiger partial charge in [0.25, 0.3) is 0 Å².